The minimum Gasteiger partial charge on any atom is -0.493 e. The molecule has 2 aromatic rings. The Balaban J connectivity index is 1.63. The lowest BCUT2D eigenvalue weighted by Crippen LogP contribution is -2.40. The van der Waals surface area contributed by atoms with Gasteiger partial charge in [-0.05, 0) is 25.0 Å². The maximum Gasteiger partial charge on any atom is 0.191 e. The topological polar surface area (TPSA) is 76.4 Å². The smallest absolute Gasteiger partial charge is 0.191 e. The zero-order chi connectivity index (χ0) is 16.8. The lowest BCUT2D eigenvalue weighted by molar-refractivity contribution is 0.267. The van der Waals surface area contributed by atoms with E-state index < -0.39 is 0 Å². The van der Waals surface area contributed by atoms with Crippen LogP contribution < -0.4 is 15.4 Å². The van der Waals surface area contributed by atoms with Gasteiger partial charge in [-0.3, -0.25) is 4.68 Å². The molecule has 0 aliphatic carbocycles. The highest BCUT2D eigenvalue weighted by atomic mass is 16.5. The number of fused-ring (bicyclic) bond motifs is 1. The van der Waals surface area contributed by atoms with E-state index in [2.05, 4.69) is 44.8 Å². The second kappa shape index (κ2) is 7.81. The third-order valence-corrected chi connectivity index (χ3v) is 4.13. The average molecular weight is 328 g/mol. The molecule has 0 amide bonds. The molecule has 1 aliphatic rings. The number of benzene rings is 1. The van der Waals surface area contributed by atoms with Gasteiger partial charge in [0.15, 0.2) is 5.96 Å². The Morgan fingerprint density at radius 2 is 2.25 bits per heavy atom. The zero-order valence-electron chi connectivity index (χ0n) is 14.2. The third-order valence-electron chi connectivity index (χ3n) is 4.13. The van der Waals surface area contributed by atoms with Crippen LogP contribution in [0.15, 0.2) is 35.6 Å². The van der Waals surface area contributed by atoms with Crippen LogP contribution in [0.3, 0.4) is 0 Å². The molecular weight excluding hydrogens is 304 g/mol. The molecule has 1 unspecified atom stereocenters. The van der Waals surface area contributed by atoms with Crippen molar-refractivity contribution in [1.29, 1.82) is 0 Å². The predicted molar refractivity (Wildman–Crippen MR) is 93.1 cm³/mol. The van der Waals surface area contributed by atoms with Crippen LogP contribution in [0.5, 0.6) is 5.75 Å². The van der Waals surface area contributed by atoms with Crippen molar-refractivity contribution in [3.8, 4) is 5.75 Å². The molecule has 1 aromatic heterocycles. The van der Waals surface area contributed by atoms with Crippen molar-refractivity contribution in [1.82, 2.24) is 25.4 Å². The SMILES string of the molecule is CCNC(=NCc1ncnn1C)NCC1CCOc2ccccc21. The van der Waals surface area contributed by atoms with Gasteiger partial charge in [0.2, 0.25) is 0 Å². The Morgan fingerprint density at radius 1 is 1.38 bits per heavy atom. The molecule has 2 N–H and O–H groups in total. The van der Waals surface area contributed by atoms with Crippen molar-refractivity contribution < 1.29 is 4.74 Å². The van der Waals surface area contributed by atoms with Crippen molar-refractivity contribution in [3.63, 3.8) is 0 Å². The normalized spacial score (nSPS) is 17.1. The Morgan fingerprint density at radius 3 is 3.04 bits per heavy atom. The lowest BCUT2D eigenvalue weighted by atomic mass is 9.93. The van der Waals surface area contributed by atoms with Crippen LogP contribution in [0, 0.1) is 0 Å². The molecule has 1 aliphatic heterocycles. The van der Waals surface area contributed by atoms with Gasteiger partial charge in [0.25, 0.3) is 0 Å². The zero-order valence-corrected chi connectivity index (χ0v) is 14.2. The Bertz CT molecular complexity index is 696. The van der Waals surface area contributed by atoms with Gasteiger partial charge in [0.1, 0.15) is 24.4 Å². The minimum atomic E-state index is 0.425. The van der Waals surface area contributed by atoms with E-state index in [1.54, 1.807) is 11.0 Å². The summed E-state index contributed by atoms with van der Waals surface area (Å²) in [5.74, 6) is 3.05. The number of rotatable bonds is 5. The highest BCUT2D eigenvalue weighted by molar-refractivity contribution is 5.79. The van der Waals surface area contributed by atoms with E-state index in [0.717, 1.165) is 43.7 Å². The first-order valence-electron chi connectivity index (χ1n) is 8.34. The van der Waals surface area contributed by atoms with Crippen molar-refractivity contribution in [3.05, 3.63) is 42.0 Å². The fourth-order valence-electron chi connectivity index (χ4n) is 2.80. The van der Waals surface area contributed by atoms with Crippen LogP contribution >= 0.6 is 0 Å². The number of aliphatic imine (C=N–C) groups is 1. The molecule has 0 saturated carbocycles. The van der Waals surface area contributed by atoms with E-state index in [0.29, 0.717) is 12.5 Å². The molecule has 128 valence electrons. The van der Waals surface area contributed by atoms with Crippen LogP contribution in [0.4, 0.5) is 0 Å². The molecule has 7 heteroatoms. The van der Waals surface area contributed by atoms with Crippen LogP contribution in [0.2, 0.25) is 0 Å². The predicted octanol–water partition coefficient (Wildman–Crippen LogP) is 1.44. The van der Waals surface area contributed by atoms with Crippen molar-refractivity contribution in [2.24, 2.45) is 12.0 Å². The molecular formula is C17H24N6O. The summed E-state index contributed by atoms with van der Waals surface area (Å²) in [5, 5.41) is 10.8. The number of hydrogen-bond donors (Lipinski definition) is 2. The monoisotopic (exact) mass is 328 g/mol. The summed E-state index contributed by atoms with van der Waals surface area (Å²) in [4.78, 5) is 8.80. The molecule has 0 radical (unpaired) electrons. The fourth-order valence-corrected chi connectivity index (χ4v) is 2.80. The summed E-state index contributed by atoms with van der Waals surface area (Å²) < 4.78 is 7.46. The molecule has 0 spiro atoms. The van der Waals surface area contributed by atoms with Crippen molar-refractivity contribution in [2.75, 3.05) is 19.7 Å². The van der Waals surface area contributed by atoms with E-state index in [1.807, 2.05) is 19.2 Å². The molecule has 7 nitrogen and oxygen atoms in total. The van der Waals surface area contributed by atoms with Gasteiger partial charge in [-0.25, -0.2) is 9.98 Å². The van der Waals surface area contributed by atoms with Crippen LogP contribution in [-0.4, -0.2) is 40.4 Å². The van der Waals surface area contributed by atoms with Gasteiger partial charge in [-0.1, -0.05) is 18.2 Å². The molecule has 0 fully saturated rings. The third kappa shape index (κ3) is 3.84. The Hall–Kier alpha value is -2.57. The lowest BCUT2D eigenvalue weighted by Gasteiger charge is -2.26. The number of nitrogens with zero attached hydrogens (tertiary/aromatic N) is 4. The number of aryl methyl sites for hydroxylation is 1. The maximum atomic E-state index is 5.73. The first-order valence-corrected chi connectivity index (χ1v) is 8.34. The molecule has 1 aromatic carbocycles. The molecule has 24 heavy (non-hydrogen) atoms. The van der Waals surface area contributed by atoms with E-state index in [4.69, 9.17) is 4.74 Å². The number of guanidine groups is 1. The summed E-state index contributed by atoms with van der Waals surface area (Å²) >= 11 is 0. The molecule has 0 saturated heterocycles. The van der Waals surface area contributed by atoms with Crippen LogP contribution in [-0.2, 0) is 13.6 Å². The van der Waals surface area contributed by atoms with E-state index in [-0.39, 0.29) is 0 Å². The van der Waals surface area contributed by atoms with Gasteiger partial charge in [0, 0.05) is 26.1 Å². The van der Waals surface area contributed by atoms with E-state index in [9.17, 15) is 0 Å². The molecule has 0 bridgehead atoms. The molecule has 1 atom stereocenters. The van der Waals surface area contributed by atoms with Gasteiger partial charge in [-0.2, -0.15) is 5.10 Å². The highest BCUT2D eigenvalue weighted by Gasteiger charge is 2.21. The van der Waals surface area contributed by atoms with Crippen LogP contribution in [0.25, 0.3) is 0 Å². The standard InChI is InChI=1S/C17H24N6O/c1-3-18-17(20-11-16-21-12-22-23(16)2)19-10-13-8-9-24-15-7-5-4-6-14(13)15/h4-7,12-13H,3,8-11H2,1-2H3,(H2,18,19,20). The summed E-state index contributed by atoms with van der Waals surface area (Å²) in [6.45, 7) is 4.95. The van der Waals surface area contributed by atoms with E-state index >= 15 is 0 Å². The van der Waals surface area contributed by atoms with Gasteiger partial charge in [0.05, 0.1) is 6.61 Å². The number of aromatic nitrogens is 3. The maximum absolute atomic E-state index is 5.73. The number of ether oxygens (including phenoxy) is 1. The Labute approximate surface area is 142 Å². The second-order valence-electron chi connectivity index (χ2n) is 5.75. The molecule has 3 rings (SSSR count). The summed E-state index contributed by atoms with van der Waals surface area (Å²) in [5.41, 5.74) is 1.26. The van der Waals surface area contributed by atoms with E-state index in [1.165, 1.54) is 5.56 Å². The quantitative estimate of drug-likeness (QED) is 0.641. The van der Waals surface area contributed by atoms with Crippen molar-refractivity contribution >= 4 is 5.96 Å². The number of para-hydroxylation sites is 1. The summed E-state index contributed by atoms with van der Waals surface area (Å²) in [7, 11) is 1.87. The van der Waals surface area contributed by atoms with Gasteiger partial charge >= 0.3 is 0 Å². The van der Waals surface area contributed by atoms with Gasteiger partial charge < -0.3 is 15.4 Å². The fraction of sp³-hybridized carbons (Fsp3) is 0.471. The Kier molecular flexibility index (Phi) is 5.30. The minimum absolute atomic E-state index is 0.425. The average Bonchev–Trinajstić information content (AvgIpc) is 3.02. The summed E-state index contributed by atoms with van der Waals surface area (Å²) in [6, 6.07) is 8.26. The second-order valence-corrected chi connectivity index (χ2v) is 5.75. The van der Waals surface area contributed by atoms with Gasteiger partial charge in [-0.15, -0.1) is 0 Å². The highest BCUT2D eigenvalue weighted by Crippen LogP contribution is 2.32. The largest absolute Gasteiger partial charge is 0.493 e. The number of hydrogen-bond acceptors (Lipinski definition) is 4. The van der Waals surface area contributed by atoms with Crippen LogP contribution in [0.1, 0.15) is 30.7 Å². The first kappa shape index (κ1) is 16.3. The van der Waals surface area contributed by atoms with Crippen molar-refractivity contribution in [2.45, 2.75) is 25.8 Å². The first-order chi connectivity index (χ1) is 11.8. The number of nitrogens with one attached hydrogen (secondary N) is 2. The summed E-state index contributed by atoms with van der Waals surface area (Å²) in [6.07, 6.45) is 2.55. The molecule has 2 heterocycles.